The summed E-state index contributed by atoms with van der Waals surface area (Å²) in [6, 6.07) is 0. The summed E-state index contributed by atoms with van der Waals surface area (Å²) in [6.07, 6.45) is 4.90. The van der Waals surface area contributed by atoms with Gasteiger partial charge in [0, 0.05) is 13.0 Å². The van der Waals surface area contributed by atoms with Gasteiger partial charge < -0.3 is 19.6 Å². The van der Waals surface area contributed by atoms with Crippen LogP contribution in [0.3, 0.4) is 0 Å². The zero-order valence-corrected chi connectivity index (χ0v) is 10.8. The maximum absolute atomic E-state index is 10.5. The molecule has 4 heteroatoms. The lowest BCUT2D eigenvalue weighted by Gasteiger charge is -1.97. The van der Waals surface area contributed by atoms with Crippen LogP contribution in [0.15, 0.2) is 0 Å². The Morgan fingerprint density at radius 2 is 2.00 bits per heavy atom. The average Bonchev–Trinajstić information content (AvgIpc) is 2.26. The molecule has 16 heavy (non-hydrogen) atoms. The van der Waals surface area contributed by atoms with Gasteiger partial charge >= 0.3 is 0 Å². The number of rotatable bonds is 9. The van der Waals surface area contributed by atoms with E-state index in [2.05, 4.69) is 10.1 Å². The first-order chi connectivity index (χ1) is 7.68. The molecule has 0 aliphatic carbocycles. The Morgan fingerprint density at radius 1 is 1.31 bits per heavy atom. The van der Waals surface area contributed by atoms with Crippen molar-refractivity contribution < 1.29 is 14.3 Å². The van der Waals surface area contributed by atoms with Crippen molar-refractivity contribution in [2.24, 2.45) is 0 Å². The van der Waals surface area contributed by atoms with Crippen LogP contribution in [0.5, 0.6) is 0 Å². The maximum atomic E-state index is 10.5. The molecule has 0 aromatic carbocycles. The monoisotopic (exact) mass is 231 g/mol. The highest BCUT2D eigenvalue weighted by atomic mass is 16.5. The number of ketones is 1. The largest absolute Gasteiger partial charge is 0.374 e. The van der Waals surface area contributed by atoms with E-state index in [4.69, 9.17) is 0 Å². The van der Waals surface area contributed by atoms with E-state index in [1.54, 1.807) is 6.92 Å². The van der Waals surface area contributed by atoms with Crippen LogP contribution >= 0.6 is 0 Å². The topological polar surface area (TPSA) is 55.4 Å². The summed E-state index contributed by atoms with van der Waals surface area (Å²) >= 11 is 0. The van der Waals surface area contributed by atoms with Gasteiger partial charge in [-0.25, -0.2) is 0 Å². The fourth-order valence-electron chi connectivity index (χ4n) is 1.02. The molecule has 0 aromatic rings. The molecule has 0 bridgehead atoms. The van der Waals surface area contributed by atoms with E-state index in [0.717, 1.165) is 25.7 Å². The smallest absolute Gasteiger partial charge is 0.145 e. The minimum Gasteiger partial charge on any atom is -0.374 e. The molecule has 0 unspecified atom stereocenters. The Morgan fingerprint density at radius 3 is 2.38 bits per heavy atom. The summed E-state index contributed by atoms with van der Waals surface area (Å²) in [6.45, 7) is 5.43. The van der Waals surface area contributed by atoms with Crippen molar-refractivity contribution in [3.63, 3.8) is 0 Å². The van der Waals surface area contributed by atoms with Gasteiger partial charge in [0.25, 0.3) is 0 Å². The molecule has 0 atom stereocenters. The van der Waals surface area contributed by atoms with Crippen molar-refractivity contribution in [3.8, 4) is 0 Å². The SMILES string of the molecule is CCOCC=O.CNCCCCCC(C)=O. The van der Waals surface area contributed by atoms with Crippen molar-refractivity contribution in [2.75, 3.05) is 26.8 Å². The Hall–Kier alpha value is -0.740. The first kappa shape index (κ1) is 17.6. The predicted molar refractivity (Wildman–Crippen MR) is 65.6 cm³/mol. The number of hydrogen-bond acceptors (Lipinski definition) is 4. The lowest BCUT2D eigenvalue weighted by atomic mass is 10.1. The van der Waals surface area contributed by atoms with Crippen LogP contribution in [-0.2, 0) is 14.3 Å². The second kappa shape index (κ2) is 16.7. The van der Waals surface area contributed by atoms with Gasteiger partial charge in [0.05, 0.1) is 0 Å². The van der Waals surface area contributed by atoms with E-state index in [9.17, 15) is 9.59 Å². The third-order valence-electron chi connectivity index (χ3n) is 1.85. The lowest BCUT2D eigenvalue weighted by molar-refractivity contribution is -0.117. The minimum atomic E-state index is 0.233. The van der Waals surface area contributed by atoms with Crippen LogP contribution in [0.2, 0.25) is 0 Å². The Bertz CT molecular complexity index is 160. The fourth-order valence-corrected chi connectivity index (χ4v) is 1.02. The van der Waals surface area contributed by atoms with Gasteiger partial charge in [-0.2, -0.15) is 0 Å². The summed E-state index contributed by atoms with van der Waals surface area (Å²) in [4.78, 5) is 19.9. The van der Waals surface area contributed by atoms with Crippen LogP contribution in [-0.4, -0.2) is 38.9 Å². The van der Waals surface area contributed by atoms with Crippen molar-refractivity contribution in [2.45, 2.75) is 39.5 Å². The first-order valence-corrected chi connectivity index (χ1v) is 5.84. The molecule has 0 aromatic heterocycles. The quantitative estimate of drug-likeness (QED) is 0.483. The maximum Gasteiger partial charge on any atom is 0.145 e. The van der Waals surface area contributed by atoms with Crippen LogP contribution in [0, 0.1) is 0 Å². The van der Waals surface area contributed by atoms with E-state index in [1.165, 1.54) is 12.8 Å². The molecule has 0 radical (unpaired) electrons. The Labute approximate surface area is 98.7 Å². The molecule has 96 valence electrons. The van der Waals surface area contributed by atoms with Crippen molar-refractivity contribution in [3.05, 3.63) is 0 Å². The molecule has 0 rings (SSSR count). The normalized spacial score (nSPS) is 9.19. The Balaban J connectivity index is 0. The first-order valence-electron chi connectivity index (χ1n) is 5.84. The van der Waals surface area contributed by atoms with E-state index >= 15 is 0 Å². The van der Waals surface area contributed by atoms with Crippen molar-refractivity contribution in [1.29, 1.82) is 0 Å². The van der Waals surface area contributed by atoms with Gasteiger partial charge in [0.1, 0.15) is 18.7 Å². The fraction of sp³-hybridized carbons (Fsp3) is 0.833. The van der Waals surface area contributed by atoms with E-state index in [-0.39, 0.29) is 6.61 Å². The number of unbranched alkanes of at least 4 members (excludes halogenated alkanes) is 2. The van der Waals surface area contributed by atoms with E-state index in [0.29, 0.717) is 12.4 Å². The summed E-state index contributed by atoms with van der Waals surface area (Å²) < 4.78 is 4.61. The molecule has 0 aliphatic rings. The molecule has 0 fully saturated rings. The standard InChI is InChI=1S/C8H17NO.C4H8O2/c1-8(10)6-4-3-5-7-9-2;1-2-6-4-3-5/h9H,3-7H2,1-2H3;3H,2,4H2,1H3. The number of nitrogens with one attached hydrogen (secondary N) is 1. The lowest BCUT2D eigenvalue weighted by Crippen LogP contribution is -2.07. The zero-order chi connectivity index (χ0) is 12.6. The molecular formula is C12H25NO3. The summed E-state index contributed by atoms with van der Waals surface area (Å²) in [5, 5.41) is 3.07. The number of ether oxygens (including phenoxy) is 1. The highest BCUT2D eigenvalue weighted by Crippen LogP contribution is 1.98. The van der Waals surface area contributed by atoms with Gasteiger partial charge in [-0.05, 0) is 40.3 Å². The van der Waals surface area contributed by atoms with Gasteiger partial charge in [-0.3, -0.25) is 0 Å². The van der Waals surface area contributed by atoms with Crippen LogP contribution in [0.1, 0.15) is 39.5 Å². The molecule has 0 spiro atoms. The molecule has 0 aliphatic heterocycles. The van der Waals surface area contributed by atoms with Crippen LogP contribution in [0.25, 0.3) is 0 Å². The summed E-state index contributed by atoms with van der Waals surface area (Å²) in [5.41, 5.74) is 0. The van der Waals surface area contributed by atoms with Crippen LogP contribution in [0.4, 0.5) is 0 Å². The average molecular weight is 231 g/mol. The van der Waals surface area contributed by atoms with E-state index < -0.39 is 0 Å². The zero-order valence-electron chi connectivity index (χ0n) is 10.8. The minimum absolute atomic E-state index is 0.233. The number of aldehydes is 1. The second-order valence-electron chi connectivity index (χ2n) is 3.44. The van der Waals surface area contributed by atoms with Gasteiger partial charge in [-0.15, -0.1) is 0 Å². The predicted octanol–water partition coefficient (Wildman–Crippen LogP) is 1.58. The highest BCUT2D eigenvalue weighted by molar-refractivity contribution is 5.75. The molecule has 4 nitrogen and oxygen atoms in total. The third kappa shape index (κ3) is 23.2. The number of hydrogen-bond donors (Lipinski definition) is 1. The highest BCUT2D eigenvalue weighted by Gasteiger charge is 1.92. The van der Waals surface area contributed by atoms with Gasteiger partial charge in [-0.1, -0.05) is 6.42 Å². The van der Waals surface area contributed by atoms with Gasteiger partial charge in [0.2, 0.25) is 0 Å². The molecule has 0 saturated heterocycles. The van der Waals surface area contributed by atoms with Crippen molar-refractivity contribution >= 4 is 12.1 Å². The molecule has 1 N–H and O–H groups in total. The molecule has 0 heterocycles. The van der Waals surface area contributed by atoms with Crippen molar-refractivity contribution in [1.82, 2.24) is 5.32 Å². The third-order valence-corrected chi connectivity index (χ3v) is 1.85. The molecular weight excluding hydrogens is 206 g/mol. The summed E-state index contributed by atoms with van der Waals surface area (Å²) in [5.74, 6) is 0.310. The van der Waals surface area contributed by atoms with Gasteiger partial charge in [0.15, 0.2) is 0 Å². The second-order valence-corrected chi connectivity index (χ2v) is 3.44. The number of carbonyl (C=O) groups is 2. The Kier molecular flexibility index (Phi) is 18.4. The summed E-state index contributed by atoms with van der Waals surface area (Å²) in [7, 11) is 1.95. The van der Waals surface area contributed by atoms with Crippen LogP contribution < -0.4 is 5.32 Å². The molecule has 0 amide bonds. The van der Waals surface area contributed by atoms with E-state index in [1.807, 2.05) is 14.0 Å². The number of Topliss-reactive ketones (excluding diaryl/α,β-unsaturated/α-hetero) is 1. The number of carbonyl (C=O) groups excluding carboxylic acids is 2. The molecule has 0 saturated carbocycles.